The van der Waals surface area contributed by atoms with Crippen LogP contribution in [-0.2, 0) is 15.1 Å². The molecule has 0 bridgehead atoms. The van der Waals surface area contributed by atoms with E-state index in [0.29, 0.717) is 10.5 Å². The highest BCUT2D eigenvalue weighted by atomic mass is 32.3. The second kappa shape index (κ2) is 7.94. The lowest BCUT2D eigenvalue weighted by atomic mass is 10.4. The minimum atomic E-state index is -4.86. The summed E-state index contributed by atoms with van der Waals surface area (Å²) in [5, 5.41) is 2.22. The van der Waals surface area contributed by atoms with Crippen LogP contribution in [0.2, 0.25) is 0 Å². The first-order valence-electron chi connectivity index (χ1n) is 6.89. The summed E-state index contributed by atoms with van der Waals surface area (Å²) in [6.07, 6.45) is 1.10. The molecule has 1 saturated heterocycles. The number of hydrogen-bond donors (Lipinski definition) is 3. The van der Waals surface area contributed by atoms with Crippen molar-refractivity contribution in [2.24, 2.45) is 0 Å². The van der Waals surface area contributed by atoms with Gasteiger partial charge >= 0.3 is 22.4 Å². The number of anilines is 3. The van der Waals surface area contributed by atoms with Gasteiger partial charge in [-0.3, -0.25) is 4.55 Å². The second-order valence-electron chi connectivity index (χ2n) is 4.70. The molecule has 13 heteroatoms. The van der Waals surface area contributed by atoms with Crippen LogP contribution in [0.5, 0.6) is 0 Å². The number of hydrogen-bond acceptors (Lipinski definition) is 9. The topological polar surface area (TPSA) is 178 Å². The molecule has 1 aliphatic rings. The highest BCUT2D eigenvalue weighted by molar-refractivity contribution is 7.80. The van der Waals surface area contributed by atoms with Gasteiger partial charge < -0.3 is 20.8 Å². The monoisotopic (exact) mass is 365 g/mol. The molecule has 0 atom stereocenters. The average Bonchev–Trinajstić information content (AvgIpc) is 2.95. The molecule has 0 radical (unpaired) electrons. The predicted octanol–water partition coefficient (Wildman–Crippen LogP) is -0.825. The zero-order valence-electron chi connectivity index (χ0n) is 12.9. The van der Waals surface area contributed by atoms with Crippen molar-refractivity contribution in [2.45, 2.75) is 19.8 Å². The molecule has 1 aliphatic heterocycles. The van der Waals surface area contributed by atoms with E-state index in [-0.39, 0.29) is 23.8 Å². The van der Waals surface area contributed by atoms with Gasteiger partial charge in [0.15, 0.2) is 5.82 Å². The molecule has 24 heavy (non-hydrogen) atoms. The SMILES string of the molecule is CCOC(=O)Nc1nc(N2CCCC2)cc(N)[n+]1OS(=O)(=O)O.[OH-]. The highest BCUT2D eigenvalue weighted by Gasteiger charge is 2.27. The van der Waals surface area contributed by atoms with Crippen molar-refractivity contribution in [1.82, 2.24) is 4.98 Å². The van der Waals surface area contributed by atoms with Crippen LogP contribution in [0.25, 0.3) is 0 Å². The standard InChI is InChI=1S/C11H17N5O6S.H2O/c1-2-21-11(17)14-10-13-9(15-5-3-4-6-15)7-8(12)16(10)22-23(18,19)20;/h7H,2-6H2,1H3,(H3,12,13,14,17,18,19,20);1H2. The fraction of sp³-hybridized carbons (Fsp3) is 0.545. The van der Waals surface area contributed by atoms with Gasteiger partial charge in [0.1, 0.15) is 0 Å². The Bertz CT molecular complexity index is 690. The smallest absolute Gasteiger partial charge is 0.474 e. The number of carbonyl (C=O) groups excluding carboxylic acids is 1. The van der Waals surface area contributed by atoms with Gasteiger partial charge in [0.05, 0.1) is 12.7 Å². The van der Waals surface area contributed by atoms with E-state index >= 15 is 0 Å². The zero-order chi connectivity index (χ0) is 17.0. The molecule has 0 aromatic carbocycles. The van der Waals surface area contributed by atoms with Crippen molar-refractivity contribution >= 4 is 34.1 Å². The molecule has 0 aliphatic carbocycles. The predicted molar refractivity (Wildman–Crippen MR) is 81.0 cm³/mol. The molecule has 5 N–H and O–H groups in total. The van der Waals surface area contributed by atoms with Crippen molar-refractivity contribution in [3.8, 4) is 0 Å². The maximum atomic E-state index is 11.6. The highest BCUT2D eigenvalue weighted by Crippen LogP contribution is 2.20. The van der Waals surface area contributed by atoms with Gasteiger partial charge in [0.2, 0.25) is 5.82 Å². The summed E-state index contributed by atoms with van der Waals surface area (Å²) < 4.78 is 40.2. The van der Waals surface area contributed by atoms with E-state index in [4.69, 9.17) is 15.0 Å². The van der Waals surface area contributed by atoms with E-state index in [0.717, 1.165) is 25.9 Å². The first kappa shape index (κ1) is 19.7. The Morgan fingerprint density at radius 2 is 2.12 bits per heavy atom. The van der Waals surface area contributed by atoms with Crippen molar-refractivity contribution in [2.75, 3.05) is 35.6 Å². The molecule has 1 aromatic heterocycles. The summed E-state index contributed by atoms with van der Waals surface area (Å²) in [7, 11) is -4.86. The third kappa shape index (κ3) is 5.07. The van der Waals surface area contributed by atoms with Gasteiger partial charge in [-0.25, -0.2) is 9.08 Å². The number of rotatable bonds is 5. The number of carbonyl (C=O) groups is 1. The van der Waals surface area contributed by atoms with Crippen LogP contribution >= 0.6 is 0 Å². The Kier molecular flexibility index (Phi) is 6.51. The van der Waals surface area contributed by atoms with Crippen LogP contribution in [0.15, 0.2) is 6.07 Å². The van der Waals surface area contributed by atoms with Crippen molar-refractivity contribution in [3.05, 3.63) is 6.07 Å². The quantitative estimate of drug-likeness (QED) is 0.440. The number of nitrogens with one attached hydrogen (secondary N) is 1. The lowest BCUT2D eigenvalue weighted by molar-refractivity contribution is -0.835. The lowest BCUT2D eigenvalue weighted by Crippen LogP contribution is -2.51. The number of ether oxygens (including phenoxy) is 1. The fourth-order valence-corrected chi connectivity index (χ4v) is 2.46. The second-order valence-corrected chi connectivity index (χ2v) is 5.70. The van der Waals surface area contributed by atoms with Gasteiger partial charge in [-0.2, -0.15) is 13.7 Å². The van der Waals surface area contributed by atoms with Crippen LogP contribution in [0, 0.1) is 0 Å². The first-order chi connectivity index (χ1) is 10.8. The molecule has 136 valence electrons. The van der Waals surface area contributed by atoms with Gasteiger partial charge in [0, 0.05) is 13.1 Å². The lowest BCUT2D eigenvalue weighted by Gasteiger charge is -2.16. The Morgan fingerprint density at radius 3 is 2.67 bits per heavy atom. The van der Waals surface area contributed by atoms with Gasteiger partial charge in [0.25, 0.3) is 0 Å². The average molecular weight is 365 g/mol. The van der Waals surface area contributed by atoms with E-state index in [1.807, 2.05) is 4.90 Å². The van der Waals surface area contributed by atoms with E-state index in [1.165, 1.54) is 6.07 Å². The maximum absolute atomic E-state index is 11.6. The third-order valence-corrected chi connectivity index (χ3v) is 3.35. The minimum Gasteiger partial charge on any atom is -0.870 e. The summed E-state index contributed by atoms with van der Waals surface area (Å²) in [6, 6.07) is 1.38. The molecule has 2 rings (SSSR count). The molecule has 0 saturated carbocycles. The molecule has 2 heterocycles. The van der Waals surface area contributed by atoms with E-state index in [2.05, 4.69) is 14.6 Å². The summed E-state index contributed by atoms with van der Waals surface area (Å²) in [5.41, 5.74) is 5.75. The molecule has 0 unspecified atom stereocenters. The number of nitrogen functional groups attached to an aromatic ring is 1. The van der Waals surface area contributed by atoms with Crippen molar-refractivity contribution in [1.29, 1.82) is 0 Å². The fourth-order valence-electron chi connectivity index (χ4n) is 2.12. The van der Waals surface area contributed by atoms with E-state index in [1.54, 1.807) is 6.92 Å². The van der Waals surface area contributed by atoms with Crippen molar-refractivity contribution < 1.29 is 37.0 Å². The molecular formula is C11H19N5O7S. The summed E-state index contributed by atoms with van der Waals surface area (Å²) in [4.78, 5) is 17.6. The molecule has 12 nitrogen and oxygen atoms in total. The number of nitrogens with two attached hydrogens (primary N) is 1. The largest absolute Gasteiger partial charge is 0.870 e. The minimum absolute atomic E-state index is 0. The number of nitrogens with zero attached hydrogens (tertiary/aromatic N) is 3. The van der Waals surface area contributed by atoms with Crippen LogP contribution in [0.3, 0.4) is 0 Å². The van der Waals surface area contributed by atoms with Gasteiger partial charge in [-0.1, -0.05) is 4.98 Å². The first-order valence-corrected chi connectivity index (χ1v) is 8.25. The molecule has 1 fully saturated rings. The Labute approximate surface area is 138 Å². The normalized spacial score (nSPS) is 14.0. The van der Waals surface area contributed by atoms with Gasteiger partial charge in [-0.05, 0) is 24.5 Å². The van der Waals surface area contributed by atoms with E-state index < -0.39 is 16.5 Å². The molecule has 1 amide bonds. The van der Waals surface area contributed by atoms with Crippen LogP contribution in [0.1, 0.15) is 19.8 Å². The Hall–Kier alpha value is -2.38. The summed E-state index contributed by atoms with van der Waals surface area (Å²) in [5.74, 6) is -0.0590. The third-order valence-electron chi connectivity index (χ3n) is 3.01. The number of aromatic nitrogens is 2. The summed E-state index contributed by atoms with van der Waals surface area (Å²) in [6.45, 7) is 3.22. The Balaban J connectivity index is 0.00000288. The van der Waals surface area contributed by atoms with Crippen LogP contribution < -0.4 is 25.0 Å². The molecule has 1 aromatic rings. The number of amides is 1. The summed E-state index contributed by atoms with van der Waals surface area (Å²) >= 11 is 0. The Morgan fingerprint density at radius 1 is 1.50 bits per heavy atom. The van der Waals surface area contributed by atoms with Crippen molar-refractivity contribution in [3.63, 3.8) is 0 Å². The van der Waals surface area contributed by atoms with Gasteiger partial charge in [-0.15, -0.1) is 0 Å². The van der Waals surface area contributed by atoms with Crippen LogP contribution in [-0.4, -0.2) is 49.2 Å². The van der Waals surface area contributed by atoms with Crippen LogP contribution in [0.4, 0.5) is 22.4 Å². The molecular weight excluding hydrogens is 346 g/mol. The molecule has 0 spiro atoms. The maximum Gasteiger partial charge on any atom is 0.474 e. The zero-order valence-corrected chi connectivity index (χ0v) is 13.7. The van der Waals surface area contributed by atoms with E-state index in [9.17, 15) is 13.2 Å².